The van der Waals surface area contributed by atoms with Crippen LogP contribution in [-0.4, -0.2) is 23.4 Å². The van der Waals surface area contributed by atoms with Gasteiger partial charge in [-0.15, -0.1) is 0 Å². The summed E-state index contributed by atoms with van der Waals surface area (Å²) in [6.07, 6.45) is 4.89. The molecule has 0 aromatic rings. The fourth-order valence-corrected chi connectivity index (χ4v) is 3.27. The molecule has 60 valence electrons. The van der Waals surface area contributed by atoms with Crippen molar-refractivity contribution in [2.45, 2.75) is 31.7 Å². The highest BCUT2D eigenvalue weighted by Gasteiger charge is 2.51. The lowest BCUT2D eigenvalue weighted by molar-refractivity contribution is -0.131. The quantitative estimate of drug-likeness (QED) is 0.506. The Morgan fingerprint density at radius 1 is 1.36 bits per heavy atom. The molecular formula is C9H13NO. The SMILES string of the molecule is O=C1CC2CN1C1CCCC21. The van der Waals surface area contributed by atoms with Gasteiger partial charge in [0, 0.05) is 19.0 Å². The number of piperidine rings is 1. The minimum atomic E-state index is 0.429. The summed E-state index contributed by atoms with van der Waals surface area (Å²) in [4.78, 5) is 13.4. The van der Waals surface area contributed by atoms with E-state index in [2.05, 4.69) is 4.90 Å². The fourth-order valence-electron chi connectivity index (χ4n) is 3.27. The number of carbonyl (C=O) groups is 1. The van der Waals surface area contributed by atoms with E-state index in [0.29, 0.717) is 11.9 Å². The van der Waals surface area contributed by atoms with Crippen molar-refractivity contribution >= 4 is 5.91 Å². The minimum Gasteiger partial charge on any atom is -0.339 e. The van der Waals surface area contributed by atoms with Crippen molar-refractivity contribution in [1.82, 2.24) is 4.90 Å². The summed E-state index contributed by atoms with van der Waals surface area (Å²) in [5, 5.41) is 0. The van der Waals surface area contributed by atoms with Gasteiger partial charge in [0.2, 0.25) is 5.91 Å². The van der Waals surface area contributed by atoms with Gasteiger partial charge in [0.15, 0.2) is 0 Å². The summed E-state index contributed by atoms with van der Waals surface area (Å²) in [6, 6.07) is 0.668. The van der Waals surface area contributed by atoms with Gasteiger partial charge in [0.1, 0.15) is 0 Å². The fraction of sp³-hybridized carbons (Fsp3) is 0.889. The zero-order valence-electron chi connectivity index (χ0n) is 6.62. The summed E-state index contributed by atoms with van der Waals surface area (Å²) < 4.78 is 0. The second-order valence-electron chi connectivity index (χ2n) is 4.17. The first kappa shape index (κ1) is 6.04. The van der Waals surface area contributed by atoms with E-state index in [0.717, 1.165) is 24.8 Å². The Morgan fingerprint density at radius 3 is 3.18 bits per heavy atom. The number of rotatable bonds is 0. The lowest BCUT2D eigenvalue weighted by Gasteiger charge is -2.25. The first-order valence-corrected chi connectivity index (χ1v) is 4.66. The van der Waals surface area contributed by atoms with E-state index in [1.54, 1.807) is 0 Å². The first-order valence-electron chi connectivity index (χ1n) is 4.66. The molecule has 0 aromatic carbocycles. The van der Waals surface area contributed by atoms with Gasteiger partial charge in [0.05, 0.1) is 0 Å². The van der Waals surface area contributed by atoms with Gasteiger partial charge in [-0.05, 0) is 24.7 Å². The third kappa shape index (κ3) is 0.608. The van der Waals surface area contributed by atoms with Crippen LogP contribution in [0, 0.1) is 11.8 Å². The van der Waals surface area contributed by atoms with Crippen molar-refractivity contribution in [2.75, 3.05) is 6.54 Å². The van der Waals surface area contributed by atoms with E-state index < -0.39 is 0 Å². The van der Waals surface area contributed by atoms with E-state index in [1.807, 2.05) is 0 Å². The number of carbonyl (C=O) groups excluding carboxylic acids is 1. The Hall–Kier alpha value is -0.530. The minimum absolute atomic E-state index is 0.429. The van der Waals surface area contributed by atoms with Crippen LogP contribution in [0.1, 0.15) is 25.7 Å². The van der Waals surface area contributed by atoms with Crippen molar-refractivity contribution in [2.24, 2.45) is 11.8 Å². The zero-order valence-corrected chi connectivity index (χ0v) is 6.62. The highest BCUT2D eigenvalue weighted by molar-refractivity contribution is 5.80. The maximum absolute atomic E-state index is 11.3. The smallest absolute Gasteiger partial charge is 0.223 e. The molecule has 1 amide bonds. The molecule has 3 unspecified atom stereocenters. The number of hydrogen-bond acceptors (Lipinski definition) is 1. The molecule has 3 rings (SSSR count). The standard InChI is InChI=1S/C9H13NO/c11-9-4-6-5-10(9)8-3-1-2-7(6)8/h6-8H,1-5H2. The van der Waals surface area contributed by atoms with E-state index in [1.165, 1.54) is 19.3 Å². The molecular weight excluding hydrogens is 138 g/mol. The van der Waals surface area contributed by atoms with Gasteiger partial charge in [0.25, 0.3) is 0 Å². The number of amides is 1. The van der Waals surface area contributed by atoms with Gasteiger partial charge in [-0.2, -0.15) is 0 Å². The van der Waals surface area contributed by atoms with E-state index in [9.17, 15) is 4.79 Å². The first-order chi connectivity index (χ1) is 5.36. The number of nitrogens with zero attached hydrogens (tertiary/aromatic N) is 1. The molecule has 0 aromatic heterocycles. The zero-order chi connectivity index (χ0) is 7.42. The molecule has 1 saturated carbocycles. The van der Waals surface area contributed by atoms with Crippen LogP contribution in [0.5, 0.6) is 0 Å². The van der Waals surface area contributed by atoms with Crippen LogP contribution in [0.15, 0.2) is 0 Å². The van der Waals surface area contributed by atoms with E-state index in [-0.39, 0.29) is 0 Å². The average molecular weight is 151 g/mol. The Kier molecular flexibility index (Phi) is 0.984. The molecule has 11 heavy (non-hydrogen) atoms. The second-order valence-corrected chi connectivity index (χ2v) is 4.17. The molecule has 2 heteroatoms. The molecule has 3 atom stereocenters. The lowest BCUT2D eigenvalue weighted by atomic mass is 9.88. The highest BCUT2D eigenvalue weighted by Crippen LogP contribution is 2.47. The molecule has 0 N–H and O–H groups in total. The molecule has 0 radical (unpaired) electrons. The predicted molar refractivity (Wildman–Crippen MR) is 40.9 cm³/mol. The summed E-state index contributed by atoms with van der Waals surface area (Å²) in [6.45, 7) is 1.09. The highest BCUT2D eigenvalue weighted by atomic mass is 16.2. The lowest BCUT2D eigenvalue weighted by Crippen LogP contribution is -2.36. The Balaban J connectivity index is 1.95. The topological polar surface area (TPSA) is 20.3 Å². The largest absolute Gasteiger partial charge is 0.339 e. The van der Waals surface area contributed by atoms with Crippen molar-refractivity contribution in [3.63, 3.8) is 0 Å². The normalized spacial score (nSPS) is 47.1. The molecule has 3 aliphatic rings. The van der Waals surface area contributed by atoms with Crippen molar-refractivity contribution in [3.05, 3.63) is 0 Å². The van der Waals surface area contributed by atoms with Gasteiger partial charge in [-0.3, -0.25) is 4.79 Å². The van der Waals surface area contributed by atoms with Crippen LogP contribution in [-0.2, 0) is 4.79 Å². The third-order valence-corrected chi connectivity index (χ3v) is 3.73. The van der Waals surface area contributed by atoms with Gasteiger partial charge >= 0.3 is 0 Å². The molecule has 0 spiro atoms. The molecule has 2 heterocycles. The molecule has 2 nitrogen and oxygen atoms in total. The Labute approximate surface area is 66.6 Å². The summed E-state index contributed by atoms with van der Waals surface area (Å²) in [5.41, 5.74) is 0. The Morgan fingerprint density at radius 2 is 2.27 bits per heavy atom. The second kappa shape index (κ2) is 1.79. The molecule has 2 bridgehead atoms. The van der Waals surface area contributed by atoms with Crippen molar-refractivity contribution in [3.8, 4) is 0 Å². The molecule has 2 aliphatic heterocycles. The summed E-state index contributed by atoms with van der Waals surface area (Å²) >= 11 is 0. The van der Waals surface area contributed by atoms with Crippen LogP contribution in [0.2, 0.25) is 0 Å². The van der Waals surface area contributed by atoms with E-state index in [4.69, 9.17) is 0 Å². The maximum atomic E-state index is 11.3. The third-order valence-electron chi connectivity index (χ3n) is 3.73. The van der Waals surface area contributed by atoms with Crippen LogP contribution in [0.25, 0.3) is 0 Å². The van der Waals surface area contributed by atoms with Crippen LogP contribution in [0.4, 0.5) is 0 Å². The number of hydrogen-bond donors (Lipinski definition) is 0. The predicted octanol–water partition coefficient (Wildman–Crippen LogP) is 1.02. The van der Waals surface area contributed by atoms with Crippen LogP contribution in [0.3, 0.4) is 0 Å². The Bertz CT molecular complexity index is 214. The summed E-state index contributed by atoms with van der Waals surface area (Å²) in [7, 11) is 0. The maximum Gasteiger partial charge on any atom is 0.223 e. The summed E-state index contributed by atoms with van der Waals surface area (Å²) in [5.74, 6) is 2.07. The van der Waals surface area contributed by atoms with E-state index >= 15 is 0 Å². The molecule has 3 fully saturated rings. The molecule has 1 aliphatic carbocycles. The average Bonchev–Trinajstić information content (AvgIpc) is 2.52. The van der Waals surface area contributed by atoms with Crippen LogP contribution < -0.4 is 0 Å². The number of fused-ring (bicyclic) bond motifs is 5. The van der Waals surface area contributed by atoms with Gasteiger partial charge < -0.3 is 4.90 Å². The molecule has 2 saturated heterocycles. The van der Waals surface area contributed by atoms with Crippen molar-refractivity contribution < 1.29 is 4.79 Å². The van der Waals surface area contributed by atoms with Crippen LogP contribution >= 0.6 is 0 Å². The monoisotopic (exact) mass is 151 g/mol. The van der Waals surface area contributed by atoms with Gasteiger partial charge in [-0.1, -0.05) is 6.42 Å². The van der Waals surface area contributed by atoms with Crippen molar-refractivity contribution in [1.29, 1.82) is 0 Å². The van der Waals surface area contributed by atoms with Gasteiger partial charge in [-0.25, -0.2) is 0 Å².